The zero-order valence-corrected chi connectivity index (χ0v) is 12.1. The average Bonchev–Trinajstić information content (AvgIpc) is 2.22. The number of hydrogen-bond acceptors (Lipinski definition) is 3. The van der Waals surface area contributed by atoms with Gasteiger partial charge in [0.2, 0.25) is 0 Å². The number of carboxylic acid groups (broad SMARTS) is 1. The summed E-state index contributed by atoms with van der Waals surface area (Å²) in [6.07, 6.45) is 6.41. The first-order valence-electron chi connectivity index (χ1n) is 6.64. The Bertz CT molecular complexity index is 274. The number of carbonyl (C=O) groups is 1. The molecule has 2 atom stereocenters. The summed E-state index contributed by atoms with van der Waals surface area (Å²) in [5.74, 6) is -1.53. The van der Waals surface area contributed by atoms with Gasteiger partial charge in [0.05, 0.1) is 20.6 Å². The van der Waals surface area contributed by atoms with Crippen LogP contribution in [0.1, 0.15) is 33.1 Å². The van der Waals surface area contributed by atoms with Gasteiger partial charge in [0.1, 0.15) is 12.6 Å². The minimum atomic E-state index is -1.03. The molecule has 18 heavy (non-hydrogen) atoms. The van der Waals surface area contributed by atoms with E-state index in [0.29, 0.717) is 24.0 Å². The summed E-state index contributed by atoms with van der Waals surface area (Å²) in [4.78, 5) is 10.7. The van der Waals surface area contributed by atoms with E-state index in [1.165, 1.54) is 0 Å². The number of nitrogens with zero attached hydrogens (tertiary/aromatic N) is 1. The normalized spacial score (nSPS) is 15.8. The lowest BCUT2D eigenvalue weighted by molar-refractivity contribution is -0.895. The second-order valence-electron chi connectivity index (χ2n) is 5.67. The number of unbranched alkanes of at least 4 members (excludes halogenated alkanes) is 1. The molecule has 0 bridgehead atoms. The Morgan fingerprint density at radius 1 is 1.33 bits per heavy atom. The molecule has 0 aromatic carbocycles. The third-order valence-corrected chi connectivity index (χ3v) is 2.91. The number of hydrogen-bond donors (Lipinski definition) is 1. The molecule has 0 aliphatic heterocycles. The van der Waals surface area contributed by atoms with E-state index in [2.05, 4.69) is 13.0 Å². The monoisotopic (exact) mass is 257 g/mol. The minimum absolute atomic E-state index is 0.429. The fourth-order valence-corrected chi connectivity index (χ4v) is 2.07. The molecule has 0 aromatic heterocycles. The van der Waals surface area contributed by atoms with E-state index in [4.69, 9.17) is 0 Å². The molecule has 0 fully saturated rings. The highest BCUT2D eigenvalue weighted by atomic mass is 16.4. The van der Waals surface area contributed by atoms with Gasteiger partial charge in [0.25, 0.3) is 0 Å². The highest BCUT2D eigenvalue weighted by Crippen LogP contribution is 2.08. The van der Waals surface area contributed by atoms with Crippen LogP contribution in [0.2, 0.25) is 0 Å². The van der Waals surface area contributed by atoms with Crippen molar-refractivity contribution in [3.05, 3.63) is 12.2 Å². The quantitative estimate of drug-likeness (QED) is 0.485. The van der Waals surface area contributed by atoms with Gasteiger partial charge in [-0.3, -0.25) is 0 Å². The Hall–Kier alpha value is -0.870. The molecule has 106 valence electrons. The maximum Gasteiger partial charge on any atom is 0.106 e. The van der Waals surface area contributed by atoms with Crippen molar-refractivity contribution in [1.82, 2.24) is 0 Å². The Kier molecular flexibility index (Phi) is 7.87. The molecule has 0 saturated heterocycles. The summed E-state index contributed by atoms with van der Waals surface area (Å²) in [6.45, 7) is 4.77. The van der Waals surface area contributed by atoms with E-state index in [1.807, 2.05) is 20.2 Å². The fraction of sp³-hybridized carbons (Fsp3) is 0.786. The first kappa shape index (κ1) is 17.1. The van der Waals surface area contributed by atoms with E-state index in [-0.39, 0.29) is 0 Å². The van der Waals surface area contributed by atoms with Crippen LogP contribution in [0.5, 0.6) is 0 Å². The lowest BCUT2D eigenvalue weighted by Crippen LogP contribution is -2.50. The van der Waals surface area contributed by atoms with Crippen molar-refractivity contribution in [3.63, 3.8) is 0 Å². The highest BCUT2D eigenvalue weighted by Gasteiger charge is 2.23. The zero-order valence-electron chi connectivity index (χ0n) is 12.1. The number of aliphatic hydroxyl groups is 1. The summed E-state index contributed by atoms with van der Waals surface area (Å²) in [5, 5.41) is 20.6. The predicted molar refractivity (Wildman–Crippen MR) is 70.7 cm³/mol. The van der Waals surface area contributed by atoms with Gasteiger partial charge in [-0.2, -0.15) is 0 Å². The van der Waals surface area contributed by atoms with Gasteiger partial charge in [0, 0.05) is 11.9 Å². The molecule has 0 saturated carbocycles. The third-order valence-electron chi connectivity index (χ3n) is 2.91. The van der Waals surface area contributed by atoms with Crippen molar-refractivity contribution in [2.75, 3.05) is 27.2 Å². The van der Waals surface area contributed by atoms with Crippen LogP contribution in [0, 0.1) is 5.92 Å². The number of rotatable bonds is 9. The number of carboxylic acids is 1. The van der Waals surface area contributed by atoms with Gasteiger partial charge in [-0.1, -0.05) is 32.4 Å². The number of carbonyl (C=O) groups excluding carboxylic acids is 1. The molecule has 0 aromatic rings. The molecule has 0 heterocycles. The van der Waals surface area contributed by atoms with Crippen molar-refractivity contribution in [2.45, 2.75) is 39.2 Å². The van der Waals surface area contributed by atoms with Crippen molar-refractivity contribution >= 4 is 5.97 Å². The molecule has 2 unspecified atom stereocenters. The topological polar surface area (TPSA) is 60.4 Å². The van der Waals surface area contributed by atoms with Crippen LogP contribution < -0.4 is 5.11 Å². The van der Waals surface area contributed by atoms with E-state index < -0.39 is 18.0 Å². The van der Waals surface area contributed by atoms with E-state index in [1.54, 1.807) is 6.92 Å². The standard InChI is InChI=1S/C14H27NO3/c1-5-6-7-8-9-13(16)11-15(3,4)10-12(2)14(17)18/h7-8,12-13,16H,5-6,9-11H2,1-4H3/b8-7+. The van der Waals surface area contributed by atoms with E-state index in [0.717, 1.165) is 12.8 Å². The fourth-order valence-electron chi connectivity index (χ4n) is 2.07. The molecular weight excluding hydrogens is 230 g/mol. The van der Waals surface area contributed by atoms with Crippen LogP contribution in [0.15, 0.2) is 12.2 Å². The number of likely N-dealkylation sites (N-methyl/N-ethyl adjacent to an activating group) is 1. The van der Waals surface area contributed by atoms with Gasteiger partial charge in [-0.15, -0.1) is 0 Å². The molecule has 0 amide bonds. The van der Waals surface area contributed by atoms with Crippen molar-refractivity contribution < 1.29 is 19.5 Å². The lowest BCUT2D eigenvalue weighted by Gasteiger charge is -2.34. The maximum absolute atomic E-state index is 10.7. The molecule has 0 spiro atoms. The third kappa shape index (κ3) is 8.25. The van der Waals surface area contributed by atoms with Crippen LogP contribution >= 0.6 is 0 Å². The summed E-state index contributed by atoms with van der Waals surface area (Å²) in [5.41, 5.74) is 0. The number of allylic oxidation sites excluding steroid dienone is 1. The molecule has 0 aliphatic carbocycles. The number of aliphatic hydroxyl groups excluding tert-OH is 1. The minimum Gasteiger partial charge on any atom is -0.550 e. The smallest absolute Gasteiger partial charge is 0.106 e. The van der Waals surface area contributed by atoms with Crippen LogP contribution in [-0.2, 0) is 4.79 Å². The van der Waals surface area contributed by atoms with Crippen LogP contribution in [-0.4, -0.2) is 48.8 Å². The number of quaternary nitrogens is 1. The molecule has 4 nitrogen and oxygen atoms in total. The van der Waals surface area contributed by atoms with Crippen molar-refractivity contribution in [2.24, 2.45) is 5.92 Å². The molecule has 1 N–H and O–H groups in total. The number of aliphatic carboxylic acids is 1. The summed E-state index contributed by atoms with van der Waals surface area (Å²) < 4.78 is 0.484. The highest BCUT2D eigenvalue weighted by molar-refractivity contribution is 5.67. The summed E-state index contributed by atoms with van der Waals surface area (Å²) in [7, 11) is 3.86. The van der Waals surface area contributed by atoms with E-state index in [9.17, 15) is 15.0 Å². The van der Waals surface area contributed by atoms with Crippen molar-refractivity contribution in [1.29, 1.82) is 0 Å². The predicted octanol–water partition coefficient (Wildman–Crippen LogP) is 0.556. The second kappa shape index (κ2) is 8.27. The summed E-state index contributed by atoms with van der Waals surface area (Å²) >= 11 is 0. The van der Waals surface area contributed by atoms with Crippen LogP contribution in [0.25, 0.3) is 0 Å². The first-order valence-corrected chi connectivity index (χ1v) is 6.64. The second-order valence-corrected chi connectivity index (χ2v) is 5.67. The molecular formula is C14H27NO3. The van der Waals surface area contributed by atoms with Crippen LogP contribution in [0.3, 0.4) is 0 Å². The van der Waals surface area contributed by atoms with Gasteiger partial charge < -0.3 is 19.5 Å². The van der Waals surface area contributed by atoms with E-state index >= 15 is 0 Å². The Balaban J connectivity index is 4.10. The first-order chi connectivity index (χ1) is 8.28. The average molecular weight is 257 g/mol. The van der Waals surface area contributed by atoms with Crippen LogP contribution in [0.4, 0.5) is 0 Å². The maximum atomic E-state index is 10.7. The molecule has 0 aliphatic rings. The van der Waals surface area contributed by atoms with Gasteiger partial charge in [-0.25, -0.2) is 0 Å². The molecule has 0 rings (SSSR count). The van der Waals surface area contributed by atoms with Gasteiger partial charge in [-0.05, 0) is 12.8 Å². The Labute approximate surface area is 111 Å². The lowest BCUT2D eigenvalue weighted by atomic mass is 10.1. The molecule has 4 heteroatoms. The van der Waals surface area contributed by atoms with Crippen molar-refractivity contribution in [3.8, 4) is 0 Å². The Morgan fingerprint density at radius 2 is 1.94 bits per heavy atom. The Morgan fingerprint density at radius 3 is 2.44 bits per heavy atom. The summed E-state index contributed by atoms with van der Waals surface area (Å²) in [6, 6.07) is 0. The SMILES string of the molecule is CCC/C=C/CC(O)C[N+](C)(C)CC(C)C(=O)[O-]. The zero-order chi connectivity index (χ0) is 14.2. The van der Waals surface area contributed by atoms with Gasteiger partial charge in [0.15, 0.2) is 0 Å². The van der Waals surface area contributed by atoms with Gasteiger partial charge >= 0.3 is 0 Å². The molecule has 0 radical (unpaired) electrons. The largest absolute Gasteiger partial charge is 0.550 e.